The Morgan fingerprint density at radius 3 is 2.61 bits per heavy atom. The summed E-state index contributed by atoms with van der Waals surface area (Å²) in [6, 6.07) is 0. The van der Waals surface area contributed by atoms with E-state index < -0.39 is 43.9 Å². The number of rotatable bonds is 6. The van der Waals surface area contributed by atoms with Gasteiger partial charge in [-0.2, -0.15) is 0 Å². The van der Waals surface area contributed by atoms with Gasteiger partial charge in [-0.15, -0.1) is 0 Å². The fraction of sp³-hybridized carbons (Fsp3) is 0.667. The zero-order valence-corrected chi connectivity index (χ0v) is 10.8. The maximum Gasteiger partial charge on any atom is 0.378 e. The van der Waals surface area contributed by atoms with Crippen molar-refractivity contribution in [2.45, 2.75) is 19.1 Å². The van der Waals surface area contributed by atoms with Crippen molar-refractivity contribution in [3.63, 3.8) is 0 Å². The first-order valence-corrected chi connectivity index (χ1v) is 6.88. The van der Waals surface area contributed by atoms with Gasteiger partial charge in [0.05, 0.1) is 12.8 Å². The zero-order chi connectivity index (χ0) is 13.9. The van der Waals surface area contributed by atoms with E-state index in [0.717, 1.165) is 7.11 Å². The minimum Gasteiger partial charge on any atom is -0.499 e. The molecule has 18 heavy (non-hydrogen) atoms. The molecule has 0 spiro atoms. The quantitative estimate of drug-likeness (QED) is 0.456. The molecule has 0 saturated heterocycles. The number of ether oxygens (including phenoxy) is 1. The fourth-order valence-corrected chi connectivity index (χ4v) is 2.24. The summed E-state index contributed by atoms with van der Waals surface area (Å²) in [5.74, 6) is -2.51. The average Bonchev–Trinajstić information content (AvgIpc) is 2.65. The van der Waals surface area contributed by atoms with Crippen LogP contribution in [0, 0.1) is 0 Å². The lowest BCUT2D eigenvalue weighted by molar-refractivity contribution is -0.147. The van der Waals surface area contributed by atoms with Gasteiger partial charge in [0.25, 0.3) is 0 Å². The molecular formula is C9H15O8P. The molecule has 1 aliphatic heterocycles. The number of carbonyl (C=O) groups excluding carboxylic acids is 1. The minimum absolute atomic E-state index is 0.00356. The number of cyclic esters (lactones) is 1. The summed E-state index contributed by atoms with van der Waals surface area (Å²) in [4.78, 5) is 11.1. The van der Waals surface area contributed by atoms with Crippen LogP contribution in [0.5, 0.6) is 0 Å². The summed E-state index contributed by atoms with van der Waals surface area (Å²) in [7, 11) is -2.37. The number of hydrogen-bond acceptors (Lipinski definition) is 8. The number of esters is 1. The molecule has 1 aliphatic rings. The van der Waals surface area contributed by atoms with Crippen LogP contribution in [0.25, 0.3) is 0 Å². The van der Waals surface area contributed by atoms with Gasteiger partial charge in [-0.1, -0.05) is 6.92 Å². The smallest absolute Gasteiger partial charge is 0.378 e. The first-order valence-electron chi connectivity index (χ1n) is 5.16. The van der Waals surface area contributed by atoms with Crippen LogP contribution in [0.4, 0.5) is 0 Å². The summed E-state index contributed by atoms with van der Waals surface area (Å²) in [5.41, 5.74) is 0. The first kappa shape index (κ1) is 15.0. The molecule has 0 amide bonds. The third-order valence-corrected chi connectivity index (χ3v) is 4.16. The lowest BCUT2D eigenvalue weighted by Crippen LogP contribution is -2.32. The van der Waals surface area contributed by atoms with Crippen molar-refractivity contribution in [2.24, 2.45) is 0 Å². The van der Waals surface area contributed by atoms with Gasteiger partial charge in [0.2, 0.25) is 5.76 Å². The van der Waals surface area contributed by atoms with Crippen LogP contribution in [-0.4, -0.2) is 53.4 Å². The van der Waals surface area contributed by atoms with Gasteiger partial charge >= 0.3 is 13.6 Å². The van der Waals surface area contributed by atoms with Crippen molar-refractivity contribution in [1.82, 2.24) is 0 Å². The SMILES string of the molecule is CCP(=O)(OC)OC1=C(O)C(=O)OC1C(O)CO. The third-order valence-electron chi connectivity index (χ3n) is 2.36. The second kappa shape index (κ2) is 5.71. The Balaban J connectivity index is 3.01. The fourth-order valence-electron chi connectivity index (χ4n) is 1.28. The predicted molar refractivity (Wildman–Crippen MR) is 58.9 cm³/mol. The van der Waals surface area contributed by atoms with Crippen LogP contribution in [0.1, 0.15) is 6.92 Å². The van der Waals surface area contributed by atoms with Crippen LogP contribution in [-0.2, 0) is 23.1 Å². The van der Waals surface area contributed by atoms with Crippen molar-refractivity contribution >= 4 is 13.6 Å². The first-order chi connectivity index (χ1) is 8.38. The Kier molecular flexibility index (Phi) is 4.75. The van der Waals surface area contributed by atoms with E-state index in [2.05, 4.69) is 9.26 Å². The summed E-state index contributed by atoms with van der Waals surface area (Å²) >= 11 is 0. The molecular weight excluding hydrogens is 267 g/mol. The Bertz CT molecular complexity index is 395. The topological polar surface area (TPSA) is 123 Å². The monoisotopic (exact) mass is 282 g/mol. The molecule has 3 N–H and O–H groups in total. The molecule has 0 aromatic carbocycles. The lowest BCUT2D eigenvalue weighted by Gasteiger charge is -2.21. The van der Waals surface area contributed by atoms with E-state index in [0.29, 0.717) is 0 Å². The Morgan fingerprint density at radius 1 is 1.56 bits per heavy atom. The van der Waals surface area contributed by atoms with Crippen LogP contribution < -0.4 is 0 Å². The molecule has 3 atom stereocenters. The molecule has 0 fully saturated rings. The largest absolute Gasteiger partial charge is 0.499 e. The van der Waals surface area contributed by atoms with Crippen molar-refractivity contribution in [2.75, 3.05) is 19.9 Å². The highest BCUT2D eigenvalue weighted by atomic mass is 31.2. The van der Waals surface area contributed by atoms with Gasteiger partial charge in [0, 0.05) is 7.11 Å². The number of hydrogen-bond donors (Lipinski definition) is 3. The van der Waals surface area contributed by atoms with E-state index in [1.165, 1.54) is 6.92 Å². The van der Waals surface area contributed by atoms with Gasteiger partial charge in [-0.25, -0.2) is 9.36 Å². The predicted octanol–water partition coefficient (Wildman–Crippen LogP) is -0.0894. The second-order valence-corrected chi connectivity index (χ2v) is 5.89. The average molecular weight is 282 g/mol. The Hall–Kier alpha value is -1.08. The molecule has 1 rings (SSSR count). The van der Waals surface area contributed by atoms with Crippen molar-refractivity contribution < 1.29 is 38.5 Å². The van der Waals surface area contributed by atoms with E-state index in [4.69, 9.17) is 9.63 Å². The van der Waals surface area contributed by atoms with Gasteiger partial charge in [0.1, 0.15) is 6.10 Å². The molecule has 104 valence electrons. The molecule has 0 bridgehead atoms. The van der Waals surface area contributed by atoms with Crippen LogP contribution in [0.15, 0.2) is 11.5 Å². The molecule has 0 radical (unpaired) electrons. The molecule has 0 aromatic rings. The molecule has 1 heterocycles. The Labute approximate surface area is 103 Å². The second-order valence-electron chi connectivity index (χ2n) is 3.49. The highest BCUT2D eigenvalue weighted by Gasteiger charge is 2.43. The molecule has 0 aromatic heterocycles. The third kappa shape index (κ3) is 2.84. The maximum atomic E-state index is 11.9. The van der Waals surface area contributed by atoms with E-state index in [1.54, 1.807) is 0 Å². The molecule has 0 aliphatic carbocycles. The maximum absolute atomic E-state index is 11.9. The highest BCUT2D eigenvalue weighted by Crippen LogP contribution is 2.50. The zero-order valence-electron chi connectivity index (χ0n) is 9.90. The number of aliphatic hydroxyl groups is 3. The van der Waals surface area contributed by atoms with E-state index in [-0.39, 0.29) is 6.16 Å². The molecule has 8 nitrogen and oxygen atoms in total. The van der Waals surface area contributed by atoms with Crippen LogP contribution in [0.2, 0.25) is 0 Å². The van der Waals surface area contributed by atoms with E-state index in [1.807, 2.05) is 0 Å². The van der Waals surface area contributed by atoms with Gasteiger partial charge in [-0.05, 0) is 0 Å². The van der Waals surface area contributed by atoms with Crippen molar-refractivity contribution in [3.8, 4) is 0 Å². The summed E-state index contributed by atoms with van der Waals surface area (Å²) < 4.78 is 26.1. The van der Waals surface area contributed by atoms with Crippen LogP contribution >= 0.6 is 7.60 Å². The van der Waals surface area contributed by atoms with Gasteiger partial charge < -0.3 is 29.1 Å². The number of aliphatic hydroxyl groups excluding tert-OH is 3. The van der Waals surface area contributed by atoms with Gasteiger partial charge in [0.15, 0.2) is 11.9 Å². The summed E-state index contributed by atoms with van der Waals surface area (Å²) in [6.45, 7) is 0.804. The standard InChI is InChI=1S/C9H15O8P/c1-3-18(14,15-2)17-8-6(12)9(13)16-7(8)5(11)4-10/h5,7,10-12H,3-4H2,1-2H3. The summed E-state index contributed by atoms with van der Waals surface area (Å²) in [6.07, 6.45) is -2.90. The summed E-state index contributed by atoms with van der Waals surface area (Å²) in [5, 5.41) is 27.7. The minimum atomic E-state index is -3.52. The molecule has 0 saturated carbocycles. The number of carbonyl (C=O) groups is 1. The van der Waals surface area contributed by atoms with Gasteiger partial charge in [-0.3, -0.25) is 0 Å². The Morgan fingerprint density at radius 2 is 2.17 bits per heavy atom. The van der Waals surface area contributed by atoms with Crippen LogP contribution in [0.3, 0.4) is 0 Å². The normalized spacial score (nSPS) is 24.7. The lowest BCUT2D eigenvalue weighted by atomic mass is 10.2. The van der Waals surface area contributed by atoms with Crippen molar-refractivity contribution in [3.05, 3.63) is 11.5 Å². The van der Waals surface area contributed by atoms with E-state index >= 15 is 0 Å². The highest BCUT2D eigenvalue weighted by molar-refractivity contribution is 7.53. The van der Waals surface area contributed by atoms with Crippen molar-refractivity contribution in [1.29, 1.82) is 0 Å². The van der Waals surface area contributed by atoms with E-state index in [9.17, 15) is 19.6 Å². The molecule has 9 heteroatoms. The molecule has 3 unspecified atom stereocenters.